The van der Waals surface area contributed by atoms with Crippen molar-refractivity contribution in [1.82, 2.24) is 14.4 Å². The first-order valence-corrected chi connectivity index (χ1v) is 9.20. The van der Waals surface area contributed by atoms with Crippen LogP contribution in [0.1, 0.15) is 41.9 Å². The van der Waals surface area contributed by atoms with Crippen LogP contribution in [-0.2, 0) is 13.6 Å². The van der Waals surface area contributed by atoms with Crippen molar-refractivity contribution >= 4 is 5.91 Å². The molecule has 0 atom stereocenters. The lowest BCUT2D eigenvalue weighted by atomic mass is 9.60. The Balaban J connectivity index is 1.28. The highest BCUT2D eigenvalue weighted by Gasteiger charge is 2.47. The van der Waals surface area contributed by atoms with E-state index in [4.69, 9.17) is 4.42 Å². The van der Waals surface area contributed by atoms with Crippen LogP contribution in [0, 0.1) is 5.41 Å². The summed E-state index contributed by atoms with van der Waals surface area (Å²) in [4.78, 5) is 17.1. The van der Waals surface area contributed by atoms with Gasteiger partial charge in [-0.1, -0.05) is 0 Å². The Morgan fingerprint density at radius 2 is 2.04 bits per heavy atom. The average Bonchev–Trinajstić information content (AvgIpc) is 3.23. The zero-order valence-corrected chi connectivity index (χ0v) is 15.1. The van der Waals surface area contributed by atoms with Crippen LogP contribution in [0.4, 0.5) is 0 Å². The highest BCUT2D eigenvalue weighted by atomic mass is 16.3. The van der Waals surface area contributed by atoms with E-state index in [-0.39, 0.29) is 5.91 Å². The molecule has 1 aliphatic heterocycles. The van der Waals surface area contributed by atoms with Gasteiger partial charge in [0.05, 0.1) is 12.8 Å². The summed E-state index contributed by atoms with van der Waals surface area (Å²) in [6.45, 7) is 2.66. The third-order valence-corrected chi connectivity index (χ3v) is 6.22. The third kappa shape index (κ3) is 3.13. The van der Waals surface area contributed by atoms with E-state index in [0.717, 1.165) is 43.9 Å². The largest absolute Gasteiger partial charge is 0.468 e. The Morgan fingerprint density at radius 1 is 1.28 bits per heavy atom. The highest BCUT2D eigenvalue weighted by molar-refractivity contribution is 5.92. The molecule has 4 rings (SSSR count). The molecule has 0 aromatic carbocycles. The van der Waals surface area contributed by atoms with Crippen molar-refractivity contribution in [3.63, 3.8) is 0 Å². The van der Waals surface area contributed by atoms with Gasteiger partial charge in [0, 0.05) is 32.4 Å². The molecule has 134 valence electrons. The van der Waals surface area contributed by atoms with Crippen molar-refractivity contribution in [3.8, 4) is 0 Å². The van der Waals surface area contributed by atoms with Gasteiger partial charge in [-0.15, -0.1) is 0 Å². The van der Waals surface area contributed by atoms with Crippen molar-refractivity contribution in [2.24, 2.45) is 12.5 Å². The van der Waals surface area contributed by atoms with Crippen LogP contribution in [0.2, 0.25) is 0 Å². The van der Waals surface area contributed by atoms with Crippen molar-refractivity contribution in [2.45, 2.75) is 38.3 Å². The average molecular weight is 341 g/mol. The Morgan fingerprint density at radius 3 is 2.64 bits per heavy atom. The summed E-state index contributed by atoms with van der Waals surface area (Å²) < 4.78 is 7.37. The Bertz CT molecular complexity index is 718. The molecule has 1 saturated heterocycles. The van der Waals surface area contributed by atoms with E-state index in [1.165, 1.54) is 12.8 Å². The predicted molar refractivity (Wildman–Crippen MR) is 96.2 cm³/mol. The number of amides is 1. The van der Waals surface area contributed by atoms with Gasteiger partial charge in [0.15, 0.2) is 0 Å². The normalized spacial score (nSPS) is 20.2. The lowest BCUT2D eigenvalue weighted by molar-refractivity contribution is -0.0344. The standard InChI is InChI=1S/C20H27N3O2/c1-21-9-3-6-18(21)19(24)23-10-7-20(8-11-23)13-16(14-20)22(2)15-17-5-4-12-25-17/h3-6,9,12,16H,7-8,10-11,13-15H2,1-2H3. The molecular formula is C20H27N3O2. The molecule has 3 heterocycles. The van der Waals surface area contributed by atoms with E-state index in [2.05, 4.69) is 11.9 Å². The number of carbonyl (C=O) groups is 1. The summed E-state index contributed by atoms with van der Waals surface area (Å²) in [7, 11) is 4.12. The molecule has 5 heteroatoms. The Labute approximate surface area is 149 Å². The van der Waals surface area contributed by atoms with Gasteiger partial charge in [-0.3, -0.25) is 9.69 Å². The van der Waals surface area contributed by atoms with Crippen LogP contribution in [-0.4, -0.2) is 46.5 Å². The van der Waals surface area contributed by atoms with Crippen molar-refractivity contribution in [2.75, 3.05) is 20.1 Å². The quantitative estimate of drug-likeness (QED) is 0.858. The molecule has 1 spiro atoms. The van der Waals surface area contributed by atoms with Gasteiger partial charge < -0.3 is 13.9 Å². The Kier molecular flexibility index (Phi) is 4.20. The second kappa shape index (κ2) is 6.37. The van der Waals surface area contributed by atoms with E-state index >= 15 is 0 Å². The SMILES string of the molecule is CN(Cc1ccco1)C1CC2(CCN(C(=O)c3cccn3C)CC2)C1. The van der Waals surface area contributed by atoms with E-state index in [1.54, 1.807) is 6.26 Å². The molecule has 0 bridgehead atoms. The van der Waals surface area contributed by atoms with Crippen LogP contribution < -0.4 is 0 Å². The number of likely N-dealkylation sites (tertiary alicyclic amines) is 1. The highest BCUT2D eigenvalue weighted by Crippen LogP contribution is 2.51. The molecule has 2 aliphatic rings. The number of hydrogen-bond donors (Lipinski definition) is 0. The first-order chi connectivity index (χ1) is 12.1. The minimum absolute atomic E-state index is 0.174. The predicted octanol–water partition coefficient (Wildman–Crippen LogP) is 3.13. The molecule has 0 N–H and O–H groups in total. The monoisotopic (exact) mass is 341 g/mol. The van der Waals surface area contributed by atoms with E-state index in [0.29, 0.717) is 11.5 Å². The second-order valence-electron chi connectivity index (χ2n) is 7.85. The summed E-state index contributed by atoms with van der Waals surface area (Å²) >= 11 is 0. The van der Waals surface area contributed by atoms with Gasteiger partial charge in [0.1, 0.15) is 11.5 Å². The summed E-state index contributed by atoms with van der Waals surface area (Å²) in [5.74, 6) is 1.21. The van der Waals surface area contributed by atoms with Crippen LogP contribution in [0.3, 0.4) is 0 Å². The molecule has 0 radical (unpaired) electrons. The van der Waals surface area contributed by atoms with E-state index in [1.807, 2.05) is 47.0 Å². The maximum atomic E-state index is 12.6. The molecular weight excluding hydrogens is 314 g/mol. The number of aromatic nitrogens is 1. The van der Waals surface area contributed by atoms with Gasteiger partial charge >= 0.3 is 0 Å². The molecule has 5 nitrogen and oxygen atoms in total. The zero-order chi connectivity index (χ0) is 17.4. The lowest BCUT2D eigenvalue weighted by Gasteiger charge is -2.54. The molecule has 1 saturated carbocycles. The van der Waals surface area contributed by atoms with E-state index in [9.17, 15) is 4.79 Å². The summed E-state index contributed by atoms with van der Waals surface area (Å²) in [5, 5.41) is 0. The fourth-order valence-electron chi connectivity index (χ4n) is 4.47. The summed E-state index contributed by atoms with van der Waals surface area (Å²) in [6, 6.07) is 8.48. The first kappa shape index (κ1) is 16.5. The Hall–Kier alpha value is -2.01. The lowest BCUT2D eigenvalue weighted by Crippen LogP contribution is -2.54. The van der Waals surface area contributed by atoms with Gasteiger partial charge in [0.25, 0.3) is 5.91 Å². The number of rotatable bonds is 4. The number of furan rings is 1. The number of piperidine rings is 1. The minimum atomic E-state index is 0.174. The molecule has 1 aliphatic carbocycles. The molecule has 2 aromatic heterocycles. The minimum Gasteiger partial charge on any atom is -0.468 e. The molecule has 25 heavy (non-hydrogen) atoms. The second-order valence-corrected chi connectivity index (χ2v) is 7.85. The fourth-order valence-corrected chi connectivity index (χ4v) is 4.47. The van der Waals surface area contributed by atoms with Crippen LogP contribution in [0.25, 0.3) is 0 Å². The van der Waals surface area contributed by atoms with Crippen LogP contribution in [0.15, 0.2) is 41.1 Å². The number of aryl methyl sites for hydroxylation is 1. The van der Waals surface area contributed by atoms with Crippen molar-refractivity contribution in [3.05, 3.63) is 48.2 Å². The van der Waals surface area contributed by atoms with Crippen molar-refractivity contribution < 1.29 is 9.21 Å². The third-order valence-electron chi connectivity index (χ3n) is 6.22. The summed E-state index contributed by atoms with van der Waals surface area (Å²) in [6.07, 6.45) is 8.43. The number of carbonyl (C=O) groups excluding carboxylic acids is 1. The van der Waals surface area contributed by atoms with Gasteiger partial charge in [-0.2, -0.15) is 0 Å². The van der Waals surface area contributed by atoms with Crippen molar-refractivity contribution in [1.29, 1.82) is 0 Å². The number of nitrogens with zero attached hydrogens (tertiary/aromatic N) is 3. The molecule has 1 amide bonds. The van der Waals surface area contributed by atoms with Gasteiger partial charge in [-0.05, 0) is 62.4 Å². The topological polar surface area (TPSA) is 41.6 Å². The summed E-state index contributed by atoms with van der Waals surface area (Å²) in [5.41, 5.74) is 1.24. The van der Waals surface area contributed by atoms with E-state index < -0.39 is 0 Å². The molecule has 0 unspecified atom stereocenters. The molecule has 2 fully saturated rings. The first-order valence-electron chi connectivity index (χ1n) is 9.20. The molecule has 2 aromatic rings. The number of hydrogen-bond acceptors (Lipinski definition) is 3. The van der Waals surface area contributed by atoms with Gasteiger partial charge in [0.2, 0.25) is 0 Å². The maximum absolute atomic E-state index is 12.6. The smallest absolute Gasteiger partial charge is 0.270 e. The van der Waals surface area contributed by atoms with Crippen LogP contribution in [0.5, 0.6) is 0 Å². The fraction of sp³-hybridized carbons (Fsp3) is 0.550. The van der Waals surface area contributed by atoms with Crippen LogP contribution >= 0.6 is 0 Å². The zero-order valence-electron chi connectivity index (χ0n) is 15.1. The maximum Gasteiger partial charge on any atom is 0.270 e. The van der Waals surface area contributed by atoms with Gasteiger partial charge in [-0.25, -0.2) is 0 Å².